The van der Waals surface area contributed by atoms with E-state index >= 15 is 0 Å². The van der Waals surface area contributed by atoms with Crippen molar-refractivity contribution in [1.29, 1.82) is 0 Å². The molecule has 3 aromatic heterocycles. The van der Waals surface area contributed by atoms with Crippen LogP contribution in [-0.2, 0) is 22.1 Å². The van der Waals surface area contributed by atoms with Gasteiger partial charge in [-0.25, -0.2) is 22.3 Å². The minimum absolute atomic E-state index is 0.0118. The first-order valence-electron chi connectivity index (χ1n) is 12.3. The van der Waals surface area contributed by atoms with Crippen LogP contribution in [0.15, 0.2) is 46.2 Å². The molecule has 2 aliphatic heterocycles. The average molecular weight is 573 g/mol. The van der Waals surface area contributed by atoms with Gasteiger partial charge in [-0.05, 0) is 58.4 Å². The molecule has 1 fully saturated rings. The molecule has 14 heteroatoms. The second-order valence-corrected chi connectivity index (χ2v) is 13.1. The SMILES string of the molecule is CC(C)(C)N1Cc2nc(N)nc(N3CC[C@@]3(C)c3nn4ccc(Cl)c4c(=O)n3-c3cccc(F)c3)c2S1(=O)=O. The van der Waals surface area contributed by atoms with Crippen molar-refractivity contribution in [1.82, 2.24) is 28.5 Å². The molecule has 1 saturated heterocycles. The Morgan fingerprint density at radius 3 is 2.56 bits per heavy atom. The number of benzene rings is 1. The smallest absolute Gasteiger partial charge is 0.284 e. The molecule has 0 spiro atoms. The molecule has 1 aromatic carbocycles. The highest BCUT2D eigenvalue weighted by Gasteiger charge is 2.52. The summed E-state index contributed by atoms with van der Waals surface area (Å²) in [6.45, 7) is 7.72. The van der Waals surface area contributed by atoms with Gasteiger partial charge in [-0.2, -0.15) is 14.4 Å². The lowest BCUT2D eigenvalue weighted by Gasteiger charge is -2.51. The number of halogens is 2. The molecule has 1 atom stereocenters. The van der Waals surface area contributed by atoms with E-state index in [-0.39, 0.29) is 45.3 Å². The first-order valence-corrected chi connectivity index (χ1v) is 14.1. The third-order valence-corrected chi connectivity index (χ3v) is 9.88. The van der Waals surface area contributed by atoms with E-state index in [2.05, 4.69) is 9.97 Å². The van der Waals surface area contributed by atoms with Gasteiger partial charge >= 0.3 is 0 Å². The van der Waals surface area contributed by atoms with Crippen LogP contribution in [0.25, 0.3) is 11.2 Å². The predicted molar refractivity (Wildman–Crippen MR) is 144 cm³/mol. The second-order valence-electron chi connectivity index (χ2n) is 10.9. The van der Waals surface area contributed by atoms with Gasteiger partial charge in [0.05, 0.1) is 22.9 Å². The molecule has 2 aliphatic rings. The van der Waals surface area contributed by atoms with E-state index in [1.165, 1.54) is 31.6 Å². The normalized spacial score (nSPS) is 20.8. The monoisotopic (exact) mass is 572 g/mol. The summed E-state index contributed by atoms with van der Waals surface area (Å²) in [5.74, 6) is -0.189. The molecule has 0 aliphatic carbocycles. The van der Waals surface area contributed by atoms with E-state index in [0.29, 0.717) is 18.7 Å². The van der Waals surface area contributed by atoms with Crippen molar-refractivity contribution in [3.63, 3.8) is 0 Å². The number of hydrogen-bond acceptors (Lipinski definition) is 8. The quantitative estimate of drug-likeness (QED) is 0.396. The van der Waals surface area contributed by atoms with Gasteiger partial charge in [-0.15, -0.1) is 0 Å². The van der Waals surface area contributed by atoms with E-state index < -0.39 is 32.5 Å². The molecule has 0 saturated carbocycles. The predicted octanol–water partition coefficient (Wildman–Crippen LogP) is 3.08. The summed E-state index contributed by atoms with van der Waals surface area (Å²) in [4.78, 5) is 24.2. The van der Waals surface area contributed by atoms with Crippen LogP contribution in [0.1, 0.15) is 45.6 Å². The summed E-state index contributed by atoms with van der Waals surface area (Å²) in [6, 6.07) is 7.16. The maximum atomic E-state index is 14.3. The van der Waals surface area contributed by atoms with Crippen molar-refractivity contribution in [2.24, 2.45) is 0 Å². The second kappa shape index (κ2) is 8.23. The Kier molecular flexibility index (Phi) is 5.42. The Balaban J connectivity index is 1.59. The topological polar surface area (TPSA) is 132 Å². The highest BCUT2D eigenvalue weighted by Crippen LogP contribution is 2.48. The zero-order valence-corrected chi connectivity index (χ0v) is 23.3. The van der Waals surface area contributed by atoms with Crippen LogP contribution in [0.5, 0.6) is 0 Å². The molecule has 11 nitrogen and oxygen atoms in total. The Morgan fingerprint density at radius 1 is 1.18 bits per heavy atom. The van der Waals surface area contributed by atoms with Crippen molar-refractivity contribution in [2.45, 2.75) is 56.6 Å². The van der Waals surface area contributed by atoms with E-state index in [0.717, 1.165) is 0 Å². The molecule has 39 heavy (non-hydrogen) atoms. The zero-order chi connectivity index (χ0) is 28.1. The van der Waals surface area contributed by atoms with Crippen LogP contribution in [0, 0.1) is 5.82 Å². The molecule has 0 unspecified atom stereocenters. The lowest BCUT2D eigenvalue weighted by molar-refractivity contribution is 0.251. The van der Waals surface area contributed by atoms with Crippen molar-refractivity contribution < 1.29 is 12.8 Å². The molecule has 5 heterocycles. The van der Waals surface area contributed by atoms with Crippen LogP contribution >= 0.6 is 11.6 Å². The lowest BCUT2D eigenvalue weighted by Crippen LogP contribution is -2.59. The zero-order valence-electron chi connectivity index (χ0n) is 21.7. The lowest BCUT2D eigenvalue weighted by atomic mass is 9.85. The van der Waals surface area contributed by atoms with Gasteiger partial charge in [0.1, 0.15) is 21.8 Å². The number of nitrogen functional groups attached to an aromatic ring is 1. The van der Waals surface area contributed by atoms with Gasteiger partial charge in [-0.3, -0.25) is 9.36 Å². The molecule has 2 N–H and O–H groups in total. The Labute approximate surface area is 228 Å². The fraction of sp³-hybridized carbons (Fsp3) is 0.360. The van der Waals surface area contributed by atoms with Crippen LogP contribution < -0.4 is 16.2 Å². The summed E-state index contributed by atoms with van der Waals surface area (Å²) in [5, 5.41) is 4.94. The number of nitrogens with zero attached hydrogens (tertiary/aromatic N) is 7. The Hall–Kier alpha value is -3.55. The van der Waals surface area contributed by atoms with Crippen LogP contribution in [-0.4, -0.2) is 49.0 Å². The van der Waals surface area contributed by atoms with Gasteiger partial charge < -0.3 is 10.6 Å². The maximum Gasteiger partial charge on any atom is 0.284 e. The van der Waals surface area contributed by atoms with Crippen LogP contribution in [0.4, 0.5) is 16.2 Å². The van der Waals surface area contributed by atoms with E-state index in [1.54, 1.807) is 44.0 Å². The molecule has 204 valence electrons. The molecular weight excluding hydrogens is 547 g/mol. The Morgan fingerprint density at radius 2 is 1.92 bits per heavy atom. The number of aromatic nitrogens is 5. The number of sulfonamides is 1. The standard InChI is InChI=1S/C25H26ClFN8O3S/c1-24(2,3)34-13-17-19(39(34,37)38)20(30-23(28)29-17)32-11-9-25(32,4)22-31-33-10-8-16(26)18(33)21(36)35(22)15-7-5-6-14(27)12-15/h5-8,10,12H,9,11,13H2,1-4H3,(H2,28,29,30)/t25-/m0/s1. The fourth-order valence-electron chi connectivity index (χ4n) is 5.35. The number of anilines is 2. The van der Waals surface area contributed by atoms with Crippen LogP contribution in [0.3, 0.4) is 0 Å². The maximum absolute atomic E-state index is 14.3. The highest BCUT2D eigenvalue weighted by atomic mass is 35.5. The van der Waals surface area contributed by atoms with Crippen LogP contribution in [0.2, 0.25) is 5.02 Å². The fourth-order valence-corrected chi connectivity index (χ4v) is 7.60. The Bertz CT molecular complexity index is 1850. The third kappa shape index (κ3) is 3.67. The average Bonchev–Trinajstić information content (AvgIpc) is 3.33. The molecular formula is C25H26ClFN8O3S. The molecule has 0 bridgehead atoms. The van der Waals surface area contributed by atoms with Gasteiger partial charge in [0.25, 0.3) is 5.56 Å². The third-order valence-electron chi connectivity index (χ3n) is 7.38. The molecule has 0 radical (unpaired) electrons. The van der Waals surface area contributed by atoms with Crippen molar-refractivity contribution in [3.05, 3.63) is 69.2 Å². The molecule has 6 rings (SSSR count). The van der Waals surface area contributed by atoms with E-state index in [1.807, 2.05) is 6.92 Å². The van der Waals surface area contributed by atoms with E-state index in [4.69, 9.17) is 22.4 Å². The number of fused-ring (bicyclic) bond motifs is 2. The number of hydrogen-bond donors (Lipinski definition) is 1. The minimum Gasteiger partial charge on any atom is -0.368 e. The van der Waals surface area contributed by atoms with Gasteiger partial charge in [-0.1, -0.05) is 17.7 Å². The largest absolute Gasteiger partial charge is 0.368 e. The minimum atomic E-state index is -3.96. The van der Waals surface area contributed by atoms with Gasteiger partial charge in [0.2, 0.25) is 16.0 Å². The van der Waals surface area contributed by atoms with E-state index in [9.17, 15) is 17.6 Å². The van der Waals surface area contributed by atoms with Crippen molar-refractivity contribution in [2.75, 3.05) is 17.2 Å². The number of nitrogens with two attached hydrogens (primary N) is 1. The van der Waals surface area contributed by atoms with Crippen molar-refractivity contribution >= 4 is 38.9 Å². The summed E-state index contributed by atoms with van der Waals surface area (Å²) >= 11 is 6.31. The first kappa shape index (κ1) is 25.7. The summed E-state index contributed by atoms with van der Waals surface area (Å²) < 4.78 is 45.9. The van der Waals surface area contributed by atoms with Gasteiger partial charge in [0, 0.05) is 18.3 Å². The molecule has 0 amide bonds. The summed E-state index contributed by atoms with van der Waals surface area (Å²) in [6.07, 6.45) is 2.06. The number of rotatable bonds is 3. The summed E-state index contributed by atoms with van der Waals surface area (Å²) in [5.41, 5.74) is 4.55. The summed E-state index contributed by atoms with van der Waals surface area (Å²) in [7, 11) is -3.96. The van der Waals surface area contributed by atoms with Gasteiger partial charge in [0.15, 0.2) is 11.6 Å². The van der Waals surface area contributed by atoms with Crippen molar-refractivity contribution in [3.8, 4) is 5.69 Å². The first-order chi connectivity index (χ1) is 18.2. The highest BCUT2D eigenvalue weighted by molar-refractivity contribution is 7.89. The molecule has 4 aromatic rings.